The molecular weight excluding hydrogens is 257 g/mol. The topological polar surface area (TPSA) is 38.3 Å². The summed E-state index contributed by atoms with van der Waals surface area (Å²) in [5.74, 6) is 0.668. The van der Waals surface area contributed by atoms with Gasteiger partial charge >= 0.3 is 8.18 Å². The summed E-state index contributed by atoms with van der Waals surface area (Å²) in [6.07, 6.45) is 0. The summed E-state index contributed by atoms with van der Waals surface area (Å²) < 4.78 is 17.3. The number of aryl methyl sites for hydroxylation is 1. The van der Waals surface area contributed by atoms with Crippen LogP contribution in [0.15, 0.2) is 48.5 Å². The van der Waals surface area contributed by atoms with Crippen LogP contribution >= 0.6 is 8.18 Å². The standard InChI is InChI=1S/C15H17NO2P/c1-12-7-6-10-15(13(12)2)18-19(17)16-11-14-8-4-3-5-9-14/h3-10H,11H2,1-2H3,(H,16,17)/q+1. The van der Waals surface area contributed by atoms with Crippen LogP contribution in [0, 0.1) is 13.8 Å². The van der Waals surface area contributed by atoms with Crippen LogP contribution in [0.1, 0.15) is 16.7 Å². The van der Waals surface area contributed by atoms with Crippen molar-refractivity contribution in [1.82, 2.24) is 5.09 Å². The van der Waals surface area contributed by atoms with Gasteiger partial charge in [0.1, 0.15) is 0 Å². The number of hydrogen-bond donors (Lipinski definition) is 1. The highest BCUT2D eigenvalue weighted by molar-refractivity contribution is 7.37. The molecule has 1 atom stereocenters. The average Bonchev–Trinajstić information content (AvgIpc) is 2.43. The predicted octanol–water partition coefficient (Wildman–Crippen LogP) is 4.13. The lowest BCUT2D eigenvalue weighted by Crippen LogP contribution is -2.06. The molecule has 0 fully saturated rings. The Hall–Kier alpha value is -1.70. The minimum atomic E-state index is -1.91. The lowest BCUT2D eigenvalue weighted by atomic mass is 10.1. The van der Waals surface area contributed by atoms with Gasteiger partial charge in [-0.1, -0.05) is 47.6 Å². The molecule has 0 saturated heterocycles. The number of hydrogen-bond acceptors (Lipinski definition) is 2. The molecular formula is C15H17NO2P+. The van der Waals surface area contributed by atoms with Crippen LogP contribution < -0.4 is 9.61 Å². The van der Waals surface area contributed by atoms with Crippen molar-refractivity contribution in [3.8, 4) is 5.75 Å². The predicted molar refractivity (Wildman–Crippen MR) is 77.4 cm³/mol. The Bertz CT molecular complexity index is 570. The Kier molecular flexibility index (Phi) is 4.67. The lowest BCUT2D eigenvalue weighted by molar-refractivity contribution is 0.489. The highest BCUT2D eigenvalue weighted by atomic mass is 31.1. The number of benzene rings is 2. The SMILES string of the molecule is Cc1cccc(O[P+](=O)NCc2ccccc2)c1C. The van der Waals surface area contributed by atoms with E-state index >= 15 is 0 Å². The first kappa shape index (κ1) is 13.7. The van der Waals surface area contributed by atoms with E-state index in [1.807, 2.05) is 62.4 Å². The Balaban J connectivity index is 1.93. The van der Waals surface area contributed by atoms with Crippen molar-refractivity contribution in [3.63, 3.8) is 0 Å². The van der Waals surface area contributed by atoms with E-state index in [1.165, 1.54) is 0 Å². The highest BCUT2D eigenvalue weighted by Gasteiger charge is 2.20. The van der Waals surface area contributed by atoms with Crippen molar-refractivity contribution < 1.29 is 9.09 Å². The molecule has 0 aliphatic heterocycles. The monoisotopic (exact) mass is 274 g/mol. The zero-order valence-electron chi connectivity index (χ0n) is 11.1. The minimum absolute atomic E-state index is 0.529. The van der Waals surface area contributed by atoms with E-state index in [2.05, 4.69) is 5.09 Å². The quantitative estimate of drug-likeness (QED) is 0.833. The Morgan fingerprint density at radius 3 is 2.53 bits per heavy atom. The third-order valence-corrected chi connectivity index (χ3v) is 3.77. The molecule has 0 aromatic heterocycles. The second-order valence-electron chi connectivity index (χ2n) is 4.37. The molecule has 3 nitrogen and oxygen atoms in total. The molecule has 2 aromatic rings. The Morgan fingerprint density at radius 2 is 1.79 bits per heavy atom. The smallest absolute Gasteiger partial charge is 0.239 e. The van der Waals surface area contributed by atoms with Crippen molar-refractivity contribution in [2.45, 2.75) is 20.4 Å². The van der Waals surface area contributed by atoms with Gasteiger partial charge in [-0.05, 0) is 31.0 Å². The molecule has 0 radical (unpaired) electrons. The van der Waals surface area contributed by atoms with Crippen molar-refractivity contribution in [1.29, 1.82) is 0 Å². The van der Waals surface area contributed by atoms with Gasteiger partial charge < -0.3 is 0 Å². The van der Waals surface area contributed by atoms with Gasteiger partial charge in [-0.25, -0.2) is 4.52 Å². The first-order chi connectivity index (χ1) is 9.16. The van der Waals surface area contributed by atoms with Gasteiger partial charge in [0, 0.05) is 10.1 Å². The maximum atomic E-state index is 11.9. The van der Waals surface area contributed by atoms with Crippen molar-refractivity contribution in [3.05, 3.63) is 65.2 Å². The molecule has 98 valence electrons. The van der Waals surface area contributed by atoms with Gasteiger partial charge in [0.2, 0.25) is 0 Å². The second kappa shape index (κ2) is 6.46. The zero-order valence-corrected chi connectivity index (χ0v) is 12.0. The molecule has 1 unspecified atom stereocenters. The van der Waals surface area contributed by atoms with Crippen molar-refractivity contribution in [2.75, 3.05) is 0 Å². The van der Waals surface area contributed by atoms with E-state index in [4.69, 9.17) is 4.52 Å². The number of nitrogens with one attached hydrogen (secondary N) is 1. The summed E-state index contributed by atoms with van der Waals surface area (Å²) in [5, 5.41) is 2.88. The van der Waals surface area contributed by atoms with E-state index in [0.29, 0.717) is 12.3 Å². The second-order valence-corrected chi connectivity index (χ2v) is 5.38. The molecule has 1 N–H and O–H groups in total. The van der Waals surface area contributed by atoms with Crippen LogP contribution in [0.2, 0.25) is 0 Å². The molecule has 0 saturated carbocycles. The van der Waals surface area contributed by atoms with E-state index < -0.39 is 8.18 Å². The fourth-order valence-electron chi connectivity index (χ4n) is 1.70. The van der Waals surface area contributed by atoms with Gasteiger partial charge in [0.25, 0.3) is 0 Å². The summed E-state index contributed by atoms with van der Waals surface area (Å²) >= 11 is 0. The van der Waals surface area contributed by atoms with E-state index in [9.17, 15) is 4.57 Å². The summed E-state index contributed by atoms with van der Waals surface area (Å²) in [6.45, 7) is 4.50. The van der Waals surface area contributed by atoms with E-state index in [0.717, 1.165) is 16.7 Å². The molecule has 19 heavy (non-hydrogen) atoms. The van der Waals surface area contributed by atoms with Crippen LogP contribution in [0.3, 0.4) is 0 Å². The van der Waals surface area contributed by atoms with Gasteiger partial charge in [-0.2, -0.15) is 0 Å². The van der Waals surface area contributed by atoms with Crippen LogP contribution in [0.5, 0.6) is 5.75 Å². The lowest BCUT2D eigenvalue weighted by Gasteiger charge is -2.02. The Morgan fingerprint density at radius 1 is 1.05 bits per heavy atom. The maximum Gasteiger partial charge on any atom is 0.664 e. The third kappa shape index (κ3) is 3.88. The zero-order chi connectivity index (χ0) is 13.7. The molecule has 0 aliphatic carbocycles. The van der Waals surface area contributed by atoms with Crippen LogP contribution in [0.4, 0.5) is 0 Å². The molecule has 0 spiro atoms. The molecule has 2 aromatic carbocycles. The third-order valence-electron chi connectivity index (χ3n) is 2.99. The molecule has 0 heterocycles. The molecule has 0 aliphatic rings. The average molecular weight is 274 g/mol. The molecule has 0 bridgehead atoms. The van der Waals surface area contributed by atoms with Crippen LogP contribution in [0.25, 0.3) is 0 Å². The summed E-state index contributed by atoms with van der Waals surface area (Å²) in [5.41, 5.74) is 3.23. The van der Waals surface area contributed by atoms with Gasteiger partial charge in [-0.15, -0.1) is 0 Å². The summed E-state index contributed by atoms with van der Waals surface area (Å²) in [6, 6.07) is 15.6. The van der Waals surface area contributed by atoms with Gasteiger partial charge in [-0.3, -0.25) is 0 Å². The molecule has 0 amide bonds. The highest BCUT2D eigenvalue weighted by Crippen LogP contribution is 2.28. The molecule has 4 heteroatoms. The first-order valence-corrected chi connectivity index (χ1v) is 7.33. The van der Waals surface area contributed by atoms with Crippen molar-refractivity contribution in [2.24, 2.45) is 0 Å². The normalized spacial score (nSPS) is 11.2. The van der Waals surface area contributed by atoms with E-state index in [1.54, 1.807) is 0 Å². The van der Waals surface area contributed by atoms with E-state index in [-0.39, 0.29) is 0 Å². The number of rotatable bonds is 5. The maximum absolute atomic E-state index is 11.9. The largest absolute Gasteiger partial charge is 0.664 e. The fraction of sp³-hybridized carbons (Fsp3) is 0.200. The van der Waals surface area contributed by atoms with Gasteiger partial charge in [0.15, 0.2) is 5.75 Å². The molecule has 2 rings (SSSR count). The fourth-order valence-corrected chi connectivity index (χ4v) is 2.45. The van der Waals surface area contributed by atoms with Crippen LogP contribution in [-0.2, 0) is 11.1 Å². The Labute approximate surface area is 114 Å². The van der Waals surface area contributed by atoms with Crippen molar-refractivity contribution >= 4 is 8.18 Å². The summed E-state index contributed by atoms with van der Waals surface area (Å²) in [4.78, 5) is 0. The van der Waals surface area contributed by atoms with Crippen LogP contribution in [-0.4, -0.2) is 0 Å². The first-order valence-electron chi connectivity index (χ1n) is 6.15. The van der Waals surface area contributed by atoms with Gasteiger partial charge in [0.05, 0.1) is 6.54 Å². The summed E-state index contributed by atoms with van der Waals surface area (Å²) in [7, 11) is -1.91. The minimum Gasteiger partial charge on any atom is -0.239 e.